The molecule has 1 aromatic heterocycles. The van der Waals surface area contributed by atoms with Gasteiger partial charge in [-0.25, -0.2) is 0 Å². The van der Waals surface area contributed by atoms with Crippen LogP contribution in [0.1, 0.15) is 11.1 Å². The van der Waals surface area contributed by atoms with Gasteiger partial charge in [0, 0.05) is 16.5 Å². The average Bonchev–Trinajstić information content (AvgIpc) is 2.15. The SMILES string of the molecule is Cc1cc(N)c2cnncc2c1C. The molecule has 0 aliphatic rings. The van der Waals surface area contributed by atoms with Crippen LogP contribution >= 0.6 is 0 Å². The standard InChI is InChI=1S/C10H11N3/c1-6-3-10(11)9-5-13-12-4-8(9)7(6)2/h3-5H,11H2,1-2H3. The molecule has 0 atom stereocenters. The highest BCUT2D eigenvalue weighted by Crippen LogP contribution is 2.25. The number of nitrogen functional groups attached to an aromatic ring is 1. The Balaban J connectivity index is 2.97. The second-order valence-corrected chi connectivity index (χ2v) is 3.22. The summed E-state index contributed by atoms with van der Waals surface area (Å²) in [4.78, 5) is 0. The molecule has 66 valence electrons. The Kier molecular flexibility index (Phi) is 1.65. The van der Waals surface area contributed by atoms with Crippen molar-refractivity contribution in [2.75, 3.05) is 5.73 Å². The highest BCUT2D eigenvalue weighted by Gasteiger charge is 2.03. The zero-order valence-corrected chi connectivity index (χ0v) is 7.70. The minimum Gasteiger partial charge on any atom is -0.398 e. The Morgan fingerprint density at radius 1 is 1.08 bits per heavy atom. The van der Waals surface area contributed by atoms with Gasteiger partial charge in [-0.15, -0.1) is 0 Å². The summed E-state index contributed by atoms with van der Waals surface area (Å²) in [5, 5.41) is 9.74. The van der Waals surface area contributed by atoms with E-state index in [9.17, 15) is 0 Å². The number of nitrogens with zero attached hydrogens (tertiary/aromatic N) is 2. The van der Waals surface area contributed by atoms with Gasteiger partial charge < -0.3 is 5.73 Å². The Bertz CT molecular complexity index is 463. The van der Waals surface area contributed by atoms with E-state index in [1.807, 2.05) is 13.0 Å². The van der Waals surface area contributed by atoms with Crippen LogP contribution < -0.4 is 5.73 Å². The fourth-order valence-corrected chi connectivity index (χ4v) is 1.48. The normalized spacial score (nSPS) is 10.6. The Morgan fingerprint density at radius 2 is 1.69 bits per heavy atom. The third kappa shape index (κ3) is 1.13. The molecule has 0 aliphatic heterocycles. The van der Waals surface area contributed by atoms with E-state index >= 15 is 0 Å². The zero-order chi connectivity index (χ0) is 9.42. The van der Waals surface area contributed by atoms with Gasteiger partial charge in [-0.2, -0.15) is 10.2 Å². The quantitative estimate of drug-likeness (QED) is 0.618. The lowest BCUT2D eigenvalue weighted by Gasteiger charge is -2.06. The van der Waals surface area contributed by atoms with Crippen molar-refractivity contribution in [1.29, 1.82) is 0 Å². The number of nitrogens with two attached hydrogens (primary N) is 1. The predicted octanol–water partition coefficient (Wildman–Crippen LogP) is 1.83. The molecule has 0 aliphatic carbocycles. The van der Waals surface area contributed by atoms with Gasteiger partial charge in [-0.1, -0.05) is 0 Å². The second kappa shape index (κ2) is 2.69. The van der Waals surface area contributed by atoms with Crippen LogP contribution in [0.15, 0.2) is 18.5 Å². The van der Waals surface area contributed by atoms with Gasteiger partial charge in [0.1, 0.15) is 0 Å². The van der Waals surface area contributed by atoms with Crippen LogP contribution in [-0.2, 0) is 0 Å². The third-order valence-corrected chi connectivity index (χ3v) is 2.41. The van der Waals surface area contributed by atoms with Crippen molar-refractivity contribution < 1.29 is 0 Å². The number of hydrogen-bond donors (Lipinski definition) is 1. The molecule has 0 radical (unpaired) electrons. The molecule has 1 aromatic carbocycles. The molecule has 0 unspecified atom stereocenters. The van der Waals surface area contributed by atoms with Gasteiger partial charge in [0.15, 0.2) is 0 Å². The number of hydrogen-bond acceptors (Lipinski definition) is 3. The molecule has 0 saturated heterocycles. The van der Waals surface area contributed by atoms with Crippen LogP contribution in [0.25, 0.3) is 10.8 Å². The van der Waals surface area contributed by atoms with Crippen molar-refractivity contribution in [1.82, 2.24) is 10.2 Å². The number of anilines is 1. The van der Waals surface area contributed by atoms with E-state index in [0.717, 1.165) is 16.5 Å². The van der Waals surface area contributed by atoms with Gasteiger partial charge in [-0.3, -0.25) is 0 Å². The predicted molar refractivity (Wildman–Crippen MR) is 53.4 cm³/mol. The van der Waals surface area contributed by atoms with Crippen molar-refractivity contribution in [2.45, 2.75) is 13.8 Å². The summed E-state index contributed by atoms with van der Waals surface area (Å²) in [6, 6.07) is 1.97. The van der Waals surface area contributed by atoms with E-state index in [1.54, 1.807) is 12.4 Å². The van der Waals surface area contributed by atoms with Crippen LogP contribution in [-0.4, -0.2) is 10.2 Å². The van der Waals surface area contributed by atoms with E-state index < -0.39 is 0 Å². The van der Waals surface area contributed by atoms with Crippen LogP contribution in [0.2, 0.25) is 0 Å². The van der Waals surface area contributed by atoms with Crippen LogP contribution in [0.4, 0.5) is 5.69 Å². The number of aromatic nitrogens is 2. The lowest BCUT2D eigenvalue weighted by Crippen LogP contribution is -1.93. The molecule has 0 spiro atoms. The third-order valence-electron chi connectivity index (χ3n) is 2.41. The molecule has 0 bridgehead atoms. The highest BCUT2D eigenvalue weighted by molar-refractivity contribution is 5.94. The largest absolute Gasteiger partial charge is 0.398 e. The first-order valence-electron chi connectivity index (χ1n) is 4.16. The molecule has 0 saturated carbocycles. The van der Waals surface area contributed by atoms with Crippen molar-refractivity contribution in [3.8, 4) is 0 Å². The second-order valence-electron chi connectivity index (χ2n) is 3.22. The monoisotopic (exact) mass is 173 g/mol. The smallest absolute Gasteiger partial charge is 0.0595 e. The van der Waals surface area contributed by atoms with Gasteiger partial charge >= 0.3 is 0 Å². The minimum atomic E-state index is 0.771. The van der Waals surface area contributed by atoms with E-state index in [-0.39, 0.29) is 0 Å². The van der Waals surface area contributed by atoms with Crippen LogP contribution in [0.5, 0.6) is 0 Å². The van der Waals surface area contributed by atoms with E-state index in [0.29, 0.717) is 0 Å². The topological polar surface area (TPSA) is 51.8 Å². The first-order chi connectivity index (χ1) is 6.20. The number of aryl methyl sites for hydroxylation is 2. The molecular weight excluding hydrogens is 162 g/mol. The Hall–Kier alpha value is -1.64. The zero-order valence-electron chi connectivity index (χ0n) is 7.70. The van der Waals surface area contributed by atoms with Crippen LogP contribution in [0.3, 0.4) is 0 Å². The Labute approximate surface area is 76.6 Å². The first kappa shape index (κ1) is 7.98. The summed E-state index contributed by atoms with van der Waals surface area (Å²) in [7, 11) is 0. The van der Waals surface area contributed by atoms with E-state index in [2.05, 4.69) is 17.1 Å². The van der Waals surface area contributed by atoms with Crippen molar-refractivity contribution in [3.05, 3.63) is 29.6 Å². The molecule has 2 aromatic rings. The van der Waals surface area contributed by atoms with Crippen molar-refractivity contribution in [3.63, 3.8) is 0 Å². The fourth-order valence-electron chi connectivity index (χ4n) is 1.48. The Morgan fingerprint density at radius 3 is 2.38 bits per heavy atom. The highest BCUT2D eigenvalue weighted by atomic mass is 15.1. The summed E-state index contributed by atoms with van der Waals surface area (Å²) >= 11 is 0. The lowest BCUT2D eigenvalue weighted by atomic mass is 10.0. The summed E-state index contributed by atoms with van der Waals surface area (Å²) in [6.45, 7) is 4.12. The van der Waals surface area contributed by atoms with Gasteiger partial charge in [0.05, 0.1) is 12.4 Å². The number of fused-ring (bicyclic) bond motifs is 1. The van der Waals surface area contributed by atoms with E-state index in [1.165, 1.54) is 11.1 Å². The maximum absolute atomic E-state index is 5.86. The lowest BCUT2D eigenvalue weighted by molar-refractivity contribution is 1.05. The summed E-state index contributed by atoms with van der Waals surface area (Å²) in [6.07, 6.45) is 3.46. The molecule has 2 N–H and O–H groups in total. The maximum atomic E-state index is 5.86. The minimum absolute atomic E-state index is 0.771. The number of rotatable bonds is 0. The molecule has 1 heterocycles. The van der Waals surface area contributed by atoms with Gasteiger partial charge in [0.25, 0.3) is 0 Å². The summed E-state index contributed by atoms with van der Waals surface area (Å²) < 4.78 is 0. The summed E-state index contributed by atoms with van der Waals surface area (Å²) in [5.41, 5.74) is 9.04. The van der Waals surface area contributed by atoms with Crippen molar-refractivity contribution in [2.24, 2.45) is 0 Å². The molecule has 0 amide bonds. The van der Waals surface area contributed by atoms with Gasteiger partial charge in [0.2, 0.25) is 0 Å². The van der Waals surface area contributed by atoms with E-state index in [4.69, 9.17) is 5.73 Å². The van der Waals surface area contributed by atoms with Gasteiger partial charge in [-0.05, 0) is 31.0 Å². The number of benzene rings is 1. The maximum Gasteiger partial charge on any atom is 0.0595 e. The molecule has 13 heavy (non-hydrogen) atoms. The first-order valence-corrected chi connectivity index (χ1v) is 4.16. The molecule has 3 heteroatoms. The molecular formula is C10H11N3. The molecule has 0 fully saturated rings. The molecule has 2 rings (SSSR count). The molecule has 3 nitrogen and oxygen atoms in total. The van der Waals surface area contributed by atoms with Crippen molar-refractivity contribution >= 4 is 16.5 Å². The fraction of sp³-hybridized carbons (Fsp3) is 0.200. The summed E-state index contributed by atoms with van der Waals surface area (Å²) in [5.74, 6) is 0. The average molecular weight is 173 g/mol. The van der Waals surface area contributed by atoms with Crippen LogP contribution in [0, 0.1) is 13.8 Å².